The van der Waals surface area contributed by atoms with Crippen molar-refractivity contribution < 1.29 is 0 Å². The van der Waals surface area contributed by atoms with E-state index in [1.54, 1.807) is 5.56 Å². The molecule has 0 radical (unpaired) electrons. The van der Waals surface area contributed by atoms with Gasteiger partial charge in [0.05, 0.1) is 0 Å². The molecule has 0 heterocycles. The first-order valence-corrected chi connectivity index (χ1v) is 7.03. The molecule has 17 heavy (non-hydrogen) atoms. The van der Waals surface area contributed by atoms with Crippen LogP contribution >= 0.6 is 0 Å². The molecule has 0 aliphatic heterocycles. The summed E-state index contributed by atoms with van der Waals surface area (Å²) >= 11 is 0. The zero-order valence-corrected chi connectivity index (χ0v) is 10.8. The van der Waals surface area contributed by atoms with Crippen LogP contribution in [-0.4, -0.2) is 6.04 Å². The summed E-state index contributed by atoms with van der Waals surface area (Å²) < 4.78 is 0. The first kappa shape index (κ1) is 11.3. The predicted molar refractivity (Wildman–Crippen MR) is 72.2 cm³/mol. The van der Waals surface area contributed by atoms with Gasteiger partial charge in [-0.2, -0.15) is 0 Å². The maximum absolute atomic E-state index is 6.08. The Morgan fingerprint density at radius 1 is 1.24 bits per heavy atom. The van der Waals surface area contributed by atoms with Gasteiger partial charge in [0.25, 0.3) is 0 Å². The molecule has 92 valence electrons. The van der Waals surface area contributed by atoms with Crippen molar-refractivity contribution in [2.45, 2.75) is 62.8 Å². The SMILES string of the molecule is CC1(c2cccc(C3CCC3)c2)CCC(N)C1. The lowest BCUT2D eigenvalue weighted by Crippen LogP contribution is -2.23. The summed E-state index contributed by atoms with van der Waals surface area (Å²) in [7, 11) is 0. The molecule has 1 heteroatoms. The fourth-order valence-corrected chi connectivity index (χ4v) is 3.46. The number of rotatable bonds is 2. The highest BCUT2D eigenvalue weighted by atomic mass is 14.7. The van der Waals surface area contributed by atoms with E-state index in [2.05, 4.69) is 31.2 Å². The first-order chi connectivity index (χ1) is 8.17. The Labute approximate surface area is 104 Å². The molecule has 0 bridgehead atoms. The molecule has 0 saturated heterocycles. The van der Waals surface area contributed by atoms with E-state index in [1.165, 1.54) is 37.7 Å². The van der Waals surface area contributed by atoms with Gasteiger partial charge in [-0.3, -0.25) is 0 Å². The zero-order chi connectivity index (χ0) is 11.9. The molecule has 0 aromatic heterocycles. The van der Waals surface area contributed by atoms with Crippen molar-refractivity contribution >= 4 is 0 Å². The van der Waals surface area contributed by atoms with Gasteiger partial charge >= 0.3 is 0 Å². The molecule has 1 aromatic rings. The van der Waals surface area contributed by atoms with Crippen LogP contribution in [0.4, 0.5) is 0 Å². The van der Waals surface area contributed by atoms with Gasteiger partial charge in [-0.25, -0.2) is 0 Å². The Balaban J connectivity index is 1.87. The van der Waals surface area contributed by atoms with E-state index in [0.29, 0.717) is 11.5 Å². The zero-order valence-electron chi connectivity index (χ0n) is 10.8. The van der Waals surface area contributed by atoms with Gasteiger partial charge in [-0.05, 0) is 54.6 Å². The van der Waals surface area contributed by atoms with Gasteiger partial charge in [0.2, 0.25) is 0 Å². The number of benzene rings is 1. The van der Waals surface area contributed by atoms with Crippen LogP contribution in [0.25, 0.3) is 0 Å². The minimum atomic E-state index is 0.333. The van der Waals surface area contributed by atoms with E-state index < -0.39 is 0 Å². The van der Waals surface area contributed by atoms with E-state index in [-0.39, 0.29) is 0 Å². The Bertz CT molecular complexity index is 408. The summed E-state index contributed by atoms with van der Waals surface area (Å²) in [5.74, 6) is 0.841. The van der Waals surface area contributed by atoms with Crippen LogP contribution in [0.5, 0.6) is 0 Å². The Kier molecular flexibility index (Phi) is 2.74. The van der Waals surface area contributed by atoms with E-state index in [0.717, 1.165) is 12.3 Å². The largest absolute Gasteiger partial charge is 0.328 e. The summed E-state index contributed by atoms with van der Waals surface area (Å²) in [6.45, 7) is 2.39. The molecule has 2 aliphatic carbocycles. The van der Waals surface area contributed by atoms with Crippen molar-refractivity contribution in [3.63, 3.8) is 0 Å². The van der Waals surface area contributed by atoms with Crippen molar-refractivity contribution in [3.8, 4) is 0 Å². The summed E-state index contributed by atoms with van der Waals surface area (Å²) in [6, 6.07) is 9.73. The lowest BCUT2D eigenvalue weighted by molar-refractivity contribution is 0.417. The molecule has 2 N–H and O–H groups in total. The molecular weight excluding hydrogens is 206 g/mol. The molecule has 0 amide bonds. The third kappa shape index (κ3) is 2.01. The quantitative estimate of drug-likeness (QED) is 0.821. The maximum atomic E-state index is 6.08. The molecule has 2 saturated carbocycles. The van der Waals surface area contributed by atoms with Crippen LogP contribution in [0.3, 0.4) is 0 Å². The molecule has 2 unspecified atom stereocenters. The van der Waals surface area contributed by atoms with Crippen LogP contribution in [0.1, 0.15) is 62.5 Å². The Hall–Kier alpha value is -0.820. The Morgan fingerprint density at radius 3 is 2.65 bits per heavy atom. The smallest absolute Gasteiger partial charge is 0.00475 e. The molecule has 0 spiro atoms. The molecular formula is C16H23N. The molecule has 1 nitrogen and oxygen atoms in total. The molecule has 2 fully saturated rings. The van der Waals surface area contributed by atoms with Gasteiger partial charge in [0.1, 0.15) is 0 Å². The third-order valence-corrected chi connectivity index (χ3v) is 4.94. The second-order valence-corrected chi connectivity index (χ2v) is 6.32. The Morgan fingerprint density at radius 2 is 2.06 bits per heavy atom. The van der Waals surface area contributed by atoms with Gasteiger partial charge in [-0.1, -0.05) is 37.6 Å². The van der Waals surface area contributed by atoms with Crippen molar-refractivity contribution in [1.82, 2.24) is 0 Å². The van der Waals surface area contributed by atoms with Crippen LogP contribution in [0.2, 0.25) is 0 Å². The number of hydrogen-bond donors (Lipinski definition) is 1. The summed E-state index contributed by atoms with van der Waals surface area (Å²) in [4.78, 5) is 0. The van der Waals surface area contributed by atoms with E-state index in [4.69, 9.17) is 5.73 Å². The third-order valence-electron chi connectivity index (χ3n) is 4.94. The molecule has 2 atom stereocenters. The fourth-order valence-electron chi connectivity index (χ4n) is 3.46. The molecule has 1 aromatic carbocycles. The summed E-state index contributed by atoms with van der Waals surface area (Å²) in [5, 5.41) is 0. The van der Waals surface area contributed by atoms with Gasteiger partial charge in [-0.15, -0.1) is 0 Å². The van der Waals surface area contributed by atoms with Gasteiger partial charge in [0, 0.05) is 6.04 Å². The summed E-state index contributed by atoms with van der Waals surface area (Å²) in [5.41, 5.74) is 9.50. The van der Waals surface area contributed by atoms with Crippen molar-refractivity contribution in [2.24, 2.45) is 5.73 Å². The average Bonchev–Trinajstić information content (AvgIpc) is 2.58. The van der Waals surface area contributed by atoms with Crippen LogP contribution in [0.15, 0.2) is 24.3 Å². The lowest BCUT2D eigenvalue weighted by Gasteiger charge is -2.29. The minimum absolute atomic E-state index is 0.333. The van der Waals surface area contributed by atoms with Crippen molar-refractivity contribution in [2.75, 3.05) is 0 Å². The van der Waals surface area contributed by atoms with Crippen LogP contribution in [0, 0.1) is 0 Å². The maximum Gasteiger partial charge on any atom is 0.00475 e. The first-order valence-electron chi connectivity index (χ1n) is 7.03. The lowest BCUT2D eigenvalue weighted by atomic mass is 9.76. The number of hydrogen-bond acceptors (Lipinski definition) is 1. The molecule has 2 aliphatic rings. The van der Waals surface area contributed by atoms with Crippen molar-refractivity contribution in [1.29, 1.82) is 0 Å². The number of nitrogens with two attached hydrogens (primary N) is 1. The molecule has 3 rings (SSSR count). The van der Waals surface area contributed by atoms with Gasteiger partial charge in [0.15, 0.2) is 0 Å². The highest BCUT2D eigenvalue weighted by Crippen LogP contribution is 2.42. The van der Waals surface area contributed by atoms with Gasteiger partial charge < -0.3 is 5.73 Å². The standard InChI is InChI=1S/C16H23N/c1-16(9-8-15(17)11-16)14-7-3-6-13(10-14)12-4-2-5-12/h3,6-7,10,12,15H,2,4-5,8-9,11,17H2,1H3. The van der Waals surface area contributed by atoms with Crippen LogP contribution in [-0.2, 0) is 5.41 Å². The van der Waals surface area contributed by atoms with E-state index in [1.807, 2.05) is 0 Å². The minimum Gasteiger partial charge on any atom is -0.328 e. The van der Waals surface area contributed by atoms with E-state index in [9.17, 15) is 0 Å². The van der Waals surface area contributed by atoms with Crippen LogP contribution < -0.4 is 5.73 Å². The fraction of sp³-hybridized carbons (Fsp3) is 0.625. The highest BCUT2D eigenvalue weighted by Gasteiger charge is 2.35. The van der Waals surface area contributed by atoms with Crippen molar-refractivity contribution in [3.05, 3.63) is 35.4 Å². The average molecular weight is 229 g/mol. The highest BCUT2D eigenvalue weighted by molar-refractivity contribution is 5.33. The predicted octanol–water partition coefficient (Wildman–Crippen LogP) is 3.72. The second-order valence-electron chi connectivity index (χ2n) is 6.32. The second kappa shape index (κ2) is 4.13. The normalized spacial score (nSPS) is 33.6. The van der Waals surface area contributed by atoms with E-state index >= 15 is 0 Å². The topological polar surface area (TPSA) is 26.0 Å². The summed E-state index contributed by atoms with van der Waals surface area (Å²) in [6.07, 6.45) is 7.78. The monoisotopic (exact) mass is 229 g/mol.